The first-order chi connectivity index (χ1) is 25.9. The molecule has 5 N–H and O–H groups in total. The topological polar surface area (TPSA) is 188 Å². The molecule has 56 heavy (non-hydrogen) atoms. The summed E-state index contributed by atoms with van der Waals surface area (Å²) in [5, 5.41) is 52.1. The maximum Gasteiger partial charge on any atom is 0.193 e. The molecule has 11 heteroatoms. The first kappa shape index (κ1) is 44.0. The van der Waals surface area contributed by atoms with Crippen LogP contribution in [0.3, 0.4) is 0 Å². The van der Waals surface area contributed by atoms with E-state index < -0.39 is 63.8 Å². The first-order valence-corrected chi connectivity index (χ1v) is 18.3. The van der Waals surface area contributed by atoms with E-state index in [0.29, 0.717) is 44.5 Å². The third-order valence-corrected chi connectivity index (χ3v) is 9.04. The van der Waals surface area contributed by atoms with Crippen LogP contribution in [0.1, 0.15) is 131 Å². The zero-order chi connectivity index (χ0) is 41.8. The maximum atomic E-state index is 12.7. The van der Waals surface area contributed by atoms with Crippen LogP contribution in [-0.2, 0) is 9.47 Å². The molecular formula is C45H52O11. The number of rotatable bonds is 18. The Morgan fingerprint density at radius 2 is 0.589 bits per heavy atom. The van der Waals surface area contributed by atoms with Crippen molar-refractivity contribution < 1.29 is 54.2 Å². The van der Waals surface area contributed by atoms with Crippen molar-refractivity contribution in [3.8, 4) is 0 Å². The Morgan fingerprint density at radius 1 is 0.411 bits per heavy atom. The number of aliphatic hydroxyl groups is 5. The fourth-order valence-electron chi connectivity index (χ4n) is 5.88. The van der Waals surface area contributed by atoms with E-state index in [1.165, 1.54) is 55.4 Å². The summed E-state index contributed by atoms with van der Waals surface area (Å²) >= 11 is 0. The summed E-state index contributed by atoms with van der Waals surface area (Å²) in [6.07, 6.45) is -2.72. The fourth-order valence-corrected chi connectivity index (χ4v) is 5.88. The number of Topliss-reactive ketones (excluding diaryl/α,β-unsaturated/α-hetero) is 4. The molecule has 0 saturated carbocycles. The van der Waals surface area contributed by atoms with Crippen molar-refractivity contribution in [3.63, 3.8) is 0 Å². The molecule has 0 unspecified atom stereocenters. The van der Waals surface area contributed by atoms with Crippen LogP contribution < -0.4 is 0 Å². The lowest BCUT2D eigenvalue weighted by atomic mass is 9.92. The lowest BCUT2D eigenvalue weighted by Gasteiger charge is -2.24. The highest BCUT2D eigenvalue weighted by Crippen LogP contribution is 2.31. The zero-order valence-electron chi connectivity index (χ0n) is 33.1. The van der Waals surface area contributed by atoms with Crippen molar-refractivity contribution in [1.29, 1.82) is 0 Å². The third kappa shape index (κ3) is 11.2. The lowest BCUT2D eigenvalue weighted by molar-refractivity contribution is -0.0487. The molecule has 0 saturated heterocycles. The Morgan fingerprint density at radius 3 is 0.750 bits per heavy atom. The van der Waals surface area contributed by atoms with E-state index in [1.54, 1.807) is 97.1 Å². The van der Waals surface area contributed by atoms with Crippen LogP contribution in [-0.4, -0.2) is 90.4 Å². The van der Waals surface area contributed by atoms with Gasteiger partial charge in [0, 0.05) is 22.3 Å². The largest absolute Gasteiger partial charge is 0.388 e. The number of carbonyl (C=O) groups excluding carboxylic acids is 4. The molecule has 298 valence electrons. The molecule has 0 amide bonds. The molecule has 0 fully saturated rings. The van der Waals surface area contributed by atoms with Gasteiger partial charge in [0.2, 0.25) is 0 Å². The fraction of sp³-hybridized carbons (Fsp3) is 0.378. The predicted octanol–water partition coefficient (Wildman–Crippen LogP) is 5.77. The minimum absolute atomic E-state index is 0.218. The number of ether oxygens (including phenoxy) is 2. The summed E-state index contributed by atoms with van der Waals surface area (Å²) in [6, 6.07) is 26.0. The van der Waals surface area contributed by atoms with Crippen molar-refractivity contribution >= 4 is 23.1 Å². The molecule has 0 heterocycles. The SMILES string of the molecule is CC(C)(O)C(=O)c1ccc(C(OCC(O)COC(c2ccc(C(=O)C(C)(C)O)cc2)c2ccc(C(=O)C(C)(C)O)cc2)c2ccc(C(=O)C(C)(C)O)cc2)cc1. The highest BCUT2D eigenvalue weighted by atomic mass is 16.5. The normalized spacial score (nSPS) is 12.7. The summed E-state index contributed by atoms with van der Waals surface area (Å²) in [4.78, 5) is 50.8. The van der Waals surface area contributed by atoms with Crippen molar-refractivity contribution in [2.45, 2.75) is 96.1 Å². The van der Waals surface area contributed by atoms with Crippen LogP contribution in [0.2, 0.25) is 0 Å². The van der Waals surface area contributed by atoms with Crippen molar-refractivity contribution in [3.05, 3.63) is 142 Å². The molecule has 0 aliphatic carbocycles. The Labute approximate surface area is 327 Å². The van der Waals surface area contributed by atoms with Crippen LogP contribution in [0, 0.1) is 0 Å². The second kappa shape index (κ2) is 17.2. The summed E-state index contributed by atoms with van der Waals surface area (Å²) in [7, 11) is 0. The molecule has 4 aromatic rings. The van der Waals surface area contributed by atoms with Gasteiger partial charge in [0.25, 0.3) is 0 Å². The lowest BCUT2D eigenvalue weighted by Crippen LogP contribution is -2.31. The molecule has 0 radical (unpaired) electrons. The van der Waals surface area contributed by atoms with Gasteiger partial charge in [0.15, 0.2) is 23.1 Å². The average Bonchev–Trinajstić information content (AvgIpc) is 3.13. The number of benzene rings is 4. The molecule has 4 rings (SSSR count). The van der Waals surface area contributed by atoms with Gasteiger partial charge in [-0.25, -0.2) is 0 Å². The van der Waals surface area contributed by atoms with E-state index in [2.05, 4.69) is 0 Å². The first-order valence-electron chi connectivity index (χ1n) is 18.3. The Balaban J connectivity index is 1.60. The van der Waals surface area contributed by atoms with Crippen molar-refractivity contribution in [2.24, 2.45) is 0 Å². The summed E-state index contributed by atoms with van der Waals surface area (Å²) in [6.45, 7) is 10.8. The quantitative estimate of drug-likeness (QED) is 0.0773. The number of ketones is 4. The van der Waals surface area contributed by atoms with Gasteiger partial charge < -0.3 is 35.0 Å². The van der Waals surface area contributed by atoms with Gasteiger partial charge in [-0.05, 0) is 77.6 Å². The minimum atomic E-state index is -1.58. The van der Waals surface area contributed by atoms with Gasteiger partial charge in [-0.3, -0.25) is 19.2 Å². The molecular weight excluding hydrogens is 716 g/mol. The Hall–Kier alpha value is -4.72. The number of hydrogen-bond acceptors (Lipinski definition) is 11. The number of aliphatic hydroxyl groups excluding tert-OH is 1. The second-order valence-electron chi connectivity index (χ2n) is 16.1. The van der Waals surface area contributed by atoms with Crippen LogP contribution in [0.15, 0.2) is 97.1 Å². The highest BCUT2D eigenvalue weighted by Gasteiger charge is 2.30. The average molecular weight is 769 g/mol. The van der Waals surface area contributed by atoms with E-state index in [1.807, 2.05) is 0 Å². The predicted molar refractivity (Wildman–Crippen MR) is 210 cm³/mol. The van der Waals surface area contributed by atoms with Crippen molar-refractivity contribution in [2.75, 3.05) is 13.2 Å². The zero-order valence-corrected chi connectivity index (χ0v) is 33.1. The Kier molecular flexibility index (Phi) is 13.5. The molecule has 0 atom stereocenters. The molecule has 0 aromatic heterocycles. The van der Waals surface area contributed by atoms with Gasteiger partial charge in [0.1, 0.15) is 40.7 Å². The van der Waals surface area contributed by atoms with E-state index in [-0.39, 0.29) is 13.2 Å². The van der Waals surface area contributed by atoms with Crippen molar-refractivity contribution in [1.82, 2.24) is 0 Å². The second-order valence-corrected chi connectivity index (χ2v) is 16.1. The number of carbonyl (C=O) groups is 4. The van der Waals surface area contributed by atoms with Gasteiger partial charge >= 0.3 is 0 Å². The molecule has 0 aliphatic rings. The summed E-state index contributed by atoms with van der Waals surface area (Å²) in [5.41, 5.74) is -2.67. The van der Waals surface area contributed by atoms with Gasteiger partial charge in [-0.15, -0.1) is 0 Å². The van der Waals surface area contributed by atoms with Gasteiger partial charge in [-0.2, -0.15) is 0 Å². The standard InChI is InChI=1S/C45H52O11/c1-42(2,51)38(47)31-17-9-27(10-18-31)36(28-11-19-32(20-12-28)39(48)43(3,4)52)55-25-35(46)26-56-37(29-13-21-33(22-14-29)40(49)44(5,6)53)30-15-23-34(24-16-30)41(50)45(7,8)54/h9-24,35-37,46,51-54H,25-26H2,1-8H3. The van der Waals surface area contributed by atoms with Crippen LogP contribution in [0.25, 0.3) is 0 Å². The molecule has 0 bridgehead atoms. The van der Waals surface area contributed by atoms with Crippen LogP contribution in [0.5, 0.6) is 0 Å². The smallest absolute Gasteiger partial charge is 0.193 e. The molecule has 11 nitrogen and oxygen atoms in total. The van der Waals surface area contributed by atoms with E-state index >= 15 is 0 Å². The van der Waals surface area contributed by atoms with Gasteiger partial charge in [-0.1, -0.05) is 97.1 Å². The van der Waals surface area contributed by atoms with E-state index in [9.17, 15) is 44.7 Å². The maximum absolute atomic E-state index is 12.7. The van der Waals surface area contributed by atoms with E-state index in [4.69, 9.17) is 9.47 Å². The summed E-state index contributed by atoms with van der Waals surface area (Å²) in [5.74, 6) is -1.85. The number of hydrogen-bond donors (Lipinski definition) is 5. The molecule has 0 aliphatic heterocycles. The third-order valence-electron chi connectivity index (χ3n) is 9.04. The summed E-state index contributed by atoms with van der Waals surface area (Å²) < 4.78 is 12.6. The van der Waals surface area contributed by atoms with Crippen LogP contribution >= 0.6 is 0 Å². The highest BCUT2D eigenvalue weighted by molar-refractivity contribution is 6.03. The minimum Gasteiger partial charge on any atom is -0.388 e. The van der Waals surface area contributed by atoms with E-state index in [0.717, 1.165) is 0 Å². The molecule has 0 spiro atoms. The van der Waals surface area contributed by atoms with Gasteiger partial charge in [0.05, 0.1) is 13.2 Å². The molecule has 4 aromatic carbocycles. The van der Waals surface area contributed by atoms with Crippen LogP contribution in [0.4, 0.5) is 0 Å². The Bertz CT molecular complexity index is 1700. The monoisotopic (exact) mass is 768 g/mol.